The van der Waals surface area contributed by atoms with Crippen LogP contribution >= 0.6 is 0 Å². The Morgan fingerprint density at radius 2 is 1.68 bits per heavy atom. The molecule has 2 aliphatic carbocycles. The van der Waals surface area contributed by atoms with E-state index in [0.29, 0.717) is 11.8 Å². The van der Waals surface area contributed by atoms with Gasteiger partial charge in [0.2, 0.25) is 0 Å². The van der Waals surface area contributed by atoms with Gasteiger partial charge in [0.15, 0.2) is 5.60 Å². The number of carbonyl (C=O) groups is 1. The van der Waals surface area contributed by atoms with Crippen LogP contribution in [0.4, 0.5) is 0 Å². The van der Waals surface area contributed by atoms with E-state index in [4.69, 9.17) is 0 Å². The zero-order chi connectivity index (χ0) is 17.4. The molecule has 2 bridgehead atoms. The molecule has 3 N–H and O–H groups in total. The minimum Gasteiger partial charge on any atom is -0.375 e. The van der Waals surface area contributed by atoms with E-state index in [2.05, 4.69) is 10.6 Å². The highest BCUT2D eigenvalue weighted by molar-refractivity contribution is 5.87. The molecule has 1 amide bonds. The van der Waals surface area contributed by atoms with E-state index >= 15 is 0 Å². The number of hydrogen-bond donors (Lipinski definition) is 3. The summed E-state index contributed by atoms with van der Waals surface area (Å²) in [5, 5.41) is 18.4. The van der Waals surface area contributed by atoms with Crippen LogP contribution in [-0.2, 0) is 10.4 Å². The van der Waals surface area contributed by atoms with Gasteiger partial charge in [0.05, 0.1) is 0 Å². The van der Waals surface area contributed by atoms with Gasteiger partial charge >= 0.3 is 0 Å². The summed E-state index contributed by atoms with van der Waals surface area (Å²) in [6, 6.07) is 8.08. The maximum Gasteiger partial charge on any atom is 0.257 e. The van der Waals surface area contributed by atoms with Gasteiger partial charge in [0, 0.05) is 12.0 Å². The molecule has 4 nitrogen and oxygen atoms in total. The number of aliphatic hydroxyl groups is 1. The van der Waals surface area contributed by atoms with Crippen LogP contribution in [0.15, 0.2) is 24.3 Å². The number of aryl methyl sites for hydroxylation is 1. The monoisotopic (exact) mass is 342 g/mol. The number of carbonyl (C=O) groups excluding carboxylic acids is 1. The quantitative estimate of drug-likeness (QED) is 0.788. The van der Waals surface area contributed by atoms with E-state index in [0.717, 1.165) is 49.9 Å². The number of rotatable bonds is 4. The maximum absolute atomic E-state index is 13.3. The van der Waals surface area contributed by atoms with Crippen LogP contribution in [0.1, 0.15) is 49.7 Å². The van der Waals surface area contributed by atoms with Gasteiger partial charge in [-0.05, 0) is 63.1 Å². The van der Waals surface area contributed by atoms with Crippen LogP contribution in [0, 0.1) is 24.7 Å². The molecule has 0 radical (unpaired) electrons. The summed E-state index contributed by atoms with van der Waals surface area (Å²) in [6.45, 7) is 3.99. The van der Waals surface area contributed by atoms with Gasteiger partial charge in [-0.3, -0.25) is 4.79 Å². The molecule has 25 heavy (non-hydrogen) atoms. The molecule has 4 heteroatoms. The van der Waals surface area contributed by atoms with Crippen molar-refractivity contribution >= 4 is 5.91 Å². The van der Waals surface area contributed by atoms with Crippen molar-refractivity contribution in [1.29, 1.82) is 0 Å². The molecule has 1 aliphatic heterocycles. The van der Waals surface area contributed by atoms with Gasteiger partial charge in [-0.2, -0.15) is 0 Å². The molecule has 1 heterocycles. The molecular formula is C21H30N2O2. The van der Waals surface area contributed by atoms with Gasteiger partial charge in [-0.25, -0.2) is 0 Å². The molecule has 4 rings (SSSR count). The van der Waals surface area contributed by atoms with E-state index in [1.54, 1.807) is 0 Å². The number of hydrogen-bond acceptors (Lipinski definition) is 3. The summed E-state index contributed by atoms with van der Waals surface area (Å²) in [4.78, 5) is 13.3. The lowest BCUT2D eigenvalue weighted by Crippen LogP contribution is -2.57. The number of piperidine rings is 1. The van der Waals surface area contributed by atoms with Gasteiger partial charge in [0.25, 0.3) is 5.91 Å². The van der Waals surface area contributed by atoms with Crippen molar-refractivity contribution < 1.29 is 9.90 Å². The Bertz CT molecular complexity index is 607. The van der Waals surface area contributed by atoms with Crippen molar-refractivity contribution in [2.75, 3.05) is 13.1 Å². The Morgan fingerprint density at radius 1 is 1.08 bits per heavy atom. The van der Waals surface area contributed by atoms with Gasteiger partial charge in [-0.15, -0.1) is 0 Å². The molecular weight excluding hydrogens is 312 g/mol. The van der Waals surface area contributed by atoms with Crippen molar-refractivity contribution in [3.8, 4) is 0 Å². The molecule has 3 unspecified atom stereocenters. The Labute approximate surface area is 150 Å². The van der Waals surface area contributed by atoms with Crippen LogP contribution in [0.2, 0.25) is 0 Å². The fraction of sp³-hybridized carbons (Fsp3) is 0.667. The Morgan fingerprint density at radius 3 is 2.28 bits per heavy atom. The van der Waals surface area contributed by atoms with E-state index in [1.165, 1.54) is 12.8 Å². The Kier molecular flexibility index (Phi) is 4.59. The van der Waals surface area contributed by atoms with Crippen LogP contribution in [-0.4, -0.2) is 30.1 Å². The van der Waals surface area contributed by atoms with E-state index in [-0.39, 0.29) is 17.9 Å². The average Bonchev–Trinajstić information content (AvgIpc) is 3.21. The summed E-state index contributed by atoms with van der Waals surface area (Å²) in [6.07, 6.45) is 6.41. The second-order valence-electron chi connectivity index (χ2n) is 8.37. The fourth-order valence-electron chi connectivity index (χ4n) is 5.28. The van der Waals surface area contributed by atoms with Crippen molar-refractivity contribution in [3.05, 3.63) is 35.4 Å². The summed E-state index contributed by atoms with van der Waals surface area (Å²) >= 11 is 0. The van der Waals surface area contributed by atoms with E-state index < -0.39 is 5.60 Å². The average molecular weight is 342 g/mol. The number of benzene rings is 1. The lowest BCUT2D eigenvalue weighted by molar-refractivity contribution is -0.149. The van der Waals surface area contributed by atoms with Crippen molar-refractivity contribution in [2.45, 2.75) is 57.1 Å². The van der Waals surface area contributed by atoms with Crippen molar-refractivity contribution in [2.24, 2.45) is 17.8 Å². The van der Waals surface area contributed by atoms with Crippen LogP contribution in [0.3, 0.4) is 0 Å². The standard InChI is InChI=1S/C21H30N2O2/c1-14-6-10-18(11-7-14)21(25,17-4-2-3-5-17)20(24)23-19-15-8-9-16(19)13-22-12-15/h6-7,10-11,15-17,19,22,25H,2-5,8-9,12-13H2,1H3,(H,23,24). The largest absolute Gasteiger partial charge is 0.375 e. The molecule has 3 fully saturated rings. The predicted octanol–water partition coefficient (Wildman–Crippen LogP) is 2.49. The van der Waals surface area contributed by atoms with Crippen molar-refractivity contribution in [1.82, 2.24) is 10.6 Å². The topological polar surface area (TPSA) is 61.4 Å². The molecule has 3 aliphatic rings. The first-order chi connectivity index (χ1) is 12.1. The summed E-state index contributed by atoms with van der Waals surface area (Å²) in [7, 11) is 0. The molecule has 3 atom stereocenters. The van der Waals surface area contributed by atoms with Crippen LogP contribution in [0.25, 0.3) is 0 Å². The minimum atomic E-state index is -1.39. The molecule has 0 aromatic heterocycles. The third kappa shape index (κ3) is 3.00. The molecule has 2 saturated carbocycles. The highest BCUT2D eigenvalue weighted by Crippen LogP contribution is 2.42. The zero-order valence-electron chi connectivity index (χ0n) is 15.1. The second kappa shape index (κ2) is 6.73. The maximum atomic E-state index is 13.3. The molecule has 0 spiro atoms. The molecule has 1 aromatic carbocycles. The third-order valence-corrected chi connectivity index (χ3v) is 6.82. The first-order valence-electron chi connectivity index (χ1n) is 9.90. The van der Waals surface area contributed by atoms with E-state index in [9.17, 15) is 9.90 Å². The number of amides is 1. The molecule has 1 aromatic rings. The van der Waals surface area contributed by atoms with E-state index in [1.807, 2.05) is 31.2 Å². The SMILES string of the molecule is Cc1ccc(C(O)(C(=O)NC2C3CCC2CNC3)C2CCCC2)cc1. The van der Waals surface area contributed by atoms with Gasteiger partial charge in [-0.1, -0.05) is 42.7 Å². The second-order valence-corrected chi connectivity index (χ2v) is 8.37. The highest BCUT2D eigenvalue weighted by Gasteiger charge is 2.49. The normalized spacial score (nSPS) is 31.7. The highest BCUT2D eigenvalue weighted by atomic mass is 16.3. The lowest BCUT2D eigenvalue weighted by atomic mass is 9.78. The lowest BCUT2D eigenvalue weighted by Gasteiger charge is -2.38. The summed E-state index contributed by atoms with van der Waals surface area (Å²) < 4.78 is 0. The van der Waals surface area contributed by atoms with Crippen LogP contribution < -0.4 is 10.6 Å². The predicted molar refractivity (Wildman–Crippen MR) is 98.0 cm³/mol. The molecule has 136 valence electrons. The third-order valence-electron chi connectivity index (χ3n) is 6.82. The Hall–Kier alpha value is -1.39. The smallest absolute Gasteiger partial charge is 0.257 e. The Balaban J connectivity index is 1.61. The van der Waals surface area contributed by atoms with Gasteiger partial charge in [0.1, 0.15) is 0 Å². The fourth-order valence-corrected chi connectivity index (χ4v) is 5.28. The van der Waals surface area contributed by atoms with Crippen molar-refractivity contribution in [3.63, 3.8) is 0 Å². The number of fused-ring (bicyclic) bond motifs is 2. The minimum absolute atomic E-state index is 0.0228. The summed E-state index contributed by atoms with van der Waals surface area (Å²) in [5.41, 5.74) is 0.507. The zero-order valence-corrected chi connectivity index (χ0v) is 15.1. The first kappa shape index (κ1) is 17.0. The molecule has 1 saturated heterocycles. The van der Waals surface area contributed by atoms with Crippen LogP contribution in [0.5, 0.6) is 0 Å². The number of nitrogens with one attached hydrogen (secondary N) is 2. The first-order valence-corrected chi connectivity index (χ1v) is 9.90. The van der Waals surface area contributed by atoms with Gasteiger partial charge < -0.3 is 15.7 Å². The summed E-state index contributed by atoms with van der Waals surface area (Å²) in [5.74, 6) is 0.865.